The van der Waals surface area contributed by atoms with Crippen molar-refractivity contribution in [3.8, 4) is 11.4 Å². The number of rotatable bonds is 7. The highest BCUT2D eigenvalue weighted by Gasteiger charge is 2.52. The van der Waals surface area contributed by atoms with Gasteiger partial charge in [-0.2, -0.15) is 0 Å². The van der Waals surface area contributed by atoms with Crippen molar-refractivity contribution >= 4 is 28.8 Å². The number of piperidine rings is 1. The van der Waals surface area contributed by atoms with E-state index in [2.05, 4.69) is 10.1 Å². The van der Waals surface area contributed by atoms with E-state index in [1.54, 1.807) is 18.3 Å². The molecular weight excluding hydrogens is 518 g/mol. The van der Waals surface area contributed by atoms with Crippen molar-refractivity contribution in [1.82, 2.24) is 14.5 Å². The van der Waals surface area contributed by atoms with Crippen LogP contribution in [0.4, 0.5) is 5.69 Å². The van der Waals surface area contributed by atoms with Crippen LogP contribution in [0.2, 0.25) is 0 Å². The SMILES string of the molecule is CC[C@@]1(O)C(=O)OCc2c1c([N+](=O)[O-])c1n(c2=O)Cc2c-1nc1ccccc1c2/C=N/OCCN1CCCCC1. The molecule has 1 N–H and O–H groups in total. The van der Waals surface area contributed by atoms with Crippen LogP contribution in [0.25, 0.3) is 22.3 Å². The van der Waals surface area contributed by atoms with E-state index in [1.165, 1.54) is 30.8 Å². The highest BCUT2D eigenvalue weighted by molar-refractivity contribution is 6.03. The lowest BCUT2D eigenvalue weighted by molar-refractivity contribution is -0.386. The summed E-state index contributed by atoms with van der Waals surface area (Å²) < 4.78 is 6.36. The van der Waals surface area contributed by atoms with Crippen molar-refractivity contribution in [2.24, 2.45) is 5.16 Å². The third-order valence-corrected chi connectivity index (χ3v) is 8.11. The zero-order chi connectivity index (χ0) is 28.0. The molecule has 2 aromatic heterocycles. The van der Waals surface area contributed by atoms with E-state index >= 15 is 0 Å². The van der Waals surface area contributed by atoms with Gasteiger partial charge in [-0.3, -0.25) is 24.4 Å². The molecule has 0 amide bonds. The summed E-state index contributed by atoms with van der Waals surface area (Å²) in [7, 11) is 0. The molecule has 0 bridgehead atoms. The molecule has 1 atom stereocenters. The van der Waals surface area contributed by atoms with Gasteiger partial charge < -0.3 is 14.7 Å². The summed E-state index contributed by atoms with van der Waals surface area (Å²) in [5, 5.41) is 28.7. The number of pyridine rings is 2. The monoisotopic (exact) mass is 547 g/mol. The number of fused-ring (bicyclic) bond motifs is 5. The number of hydrogen-bond acceptors (Lipinski definition) is 10. The minimum Gasteiger partial charge on any atom is -0.458 e. The standard InChI is InChI=1S/C28H29N5O7/c1-2-28(36)22-20(16-39-27(28)35)26(34)32-15-19-18(14-29-40-13-12-31-10-6-3-7-11-31)17-8-4-5-9-21(17)30-23(19)25(32)24(22)33(37)38/h4-5,8-9,14,36H,2-3,6-7,10-13,15-16H2,1H3/b29-14+/t28-/m0/s1. The van der Waals surface area contributed by atoms with E-state index in [-0.39, 0.29) is 35.5 Å². The van der Waals surface area contributed by atoms with Gasteiger partial charge in [0, 0.05) is 23.1 Å². The molecule has 0 unspecified atom stereocenters. The maximum absolute atomic E-state index is 13.7. The smallest absolute Gasteiger partial charge is 0.343 e. The first-order valence-electron chi connectivity index (χ1n) is 13.5. The number of esters is 1. The van der Waals surface area contributed by atoms with E-state index in [9.17, 15) is 24.8 Å². The van der Waals surface area contributed by atoms with Gasteiger partial charge in [0.05, 0.1) is 34.3 Å². The van der Waals surface area contributed by atoms with Crippen LogP contribution in [0.1, 0.15) is 54.9 Å². The number of benzene rings is 1. The maximum atomic E-state index is 13.7. The Hall–Kier alpha value is -4.16. The summed E-state index contributed by atoms with van der Waals surface area (Å²) in [5.41, 5.74) is -1.89. The van der Waals surface area contributed by atoms with Crippen LogP contribution < -0.4 is 5.56 Å². The topological polar surface area (TPSA) is 149 Å². The lowest BCUT2D eigenvalue weighted by Crippen LogP contribution is -2.45. The van der Waals surface area contributed by atoms with E-state index in [0.29, 0.717) is 23.3 Å². The normalized spacial score (nSPS) is 20.3. The zero-order valence-electron chi connectivity index (χ0n) is 22.1. The van der Waals surface area contributed by atoms with E-state index < -0.39 is 34.3 Å². The molecule has 0 saturated carbocycles. The second-order valence-electron chi connectivity index (χ2n) is 10.3. The highest BCUT2D eigenvalue weighted by atomic mass is 16.6. The molecule has 40 heavy (non-hydrogen) atoms. The number of likely N-dealkylation sites (tertiary alicyclic amines) is 1. The van der Waals surface area contributed by atoms with Gasteiger partial charge in [-0.25, -0.2) is 9.78 Å². The van der Waals surface area contributed by atoms with Crippen LogP contribution in [-0.2, 0) is 33.1 Å². The molecule has 12 heteroatoms. The molecule has 5 heterocycles. The molecule has 6 rings (SSSR count). The molecule has 1 fully saturated rings. The van der Waals surface area contributed by atoms with Crippen molar-refractivity contribution in [2.45, 2.75) is 51.4 Å². The number of ether oxygens (including phenoxy) is 1. The highest BCUT2D eigenvalue weighted by Crippen LogP contribution is 2.46. The van der Waals surface area contributed by atoms with E-state index in [4.69, 9.17) is 14.6 Å². The van der Waals surface area contributed by atoms with E-state index in [1.807, 2.05) is 12.1 Å². The van der Waals surface area contributed by atoms with Gasteiger partial charge in [-0.1, -0.05) is 36.7 Å². The van der Waals surface area contributed by atoms with Crippen molar-refractivity contribution in [1.29, 1.82) is 0 Å². The molecule has 0 aliphatic carbocycles. The average molecular weight is 548 g/mol. The molecule has 12 nitrogen and oxygen atoms in total. The number of hydrogen-bond donors (Lipinski definition) is 1. The number of cyclic esters (lactones) is 1. The van der Waals surface area contributed by atoms with Crippen LogP contribution in [0, 0.1) is 10.1 Å². The minimum atomic E-state index is -2.32. The average Bonchev–Trinajstić information content (AvgIpc) is 3.34. The fourth-order valence-corrected chi connectivity index (χ4v) is 6.02. The Balaban J connectivity index is 1.47. The molecular formula is C28H29N5O7. The van der Waals surface area contributed by atoms with Crippen LogP contribution in [0.15, 0.2) is 34.2 Å². The Morgan fingerprint density at radius 2 is 2.00 bits per heavy atom. The molecule has 1 saturated heterocycles. The molecule has 3 aliphatic rings. The summed E-state index contributed by atoms with van der Waals surface area (Å²) >= 11 is 0. The lowest BCUT2D eigenvalue weighted by atomic mass is 9.84. The molecule has 0 spiro atoms. The fourth-order valence-electron chi connectivity index (χ4n) is 6.02. The number of para-hydroxylation sites is 1. The van der Waals surface area contributed by atoms with Gasteiger partial charge in [0.2, 0.25) is 0 Å². The summed E-state index contributed by atoms with van der Waals surface area (Å²) in [4.78, 5) is 50.8. The van der Waals surface area contributed by atoms with E-state index in [0.717, 1.165) is 25.0 Å². The van der Waals surface area contributed by atoms with Crippen molar-refractivity contribution in [2.75, 3.05) is 26.2 Å². The minimum absolute atomic E-state index is 0.00306. The number of aromatic nitrogens is 2. The van der Waals surface area contributed by atoms with Gasteiger partial charge in [0.1, 0.15) is 24.6 Å². The number of carbonyl (C=O) groups excluding carboxylic acids is 1. The lowest BCUT2D eigenvalue weighted by Gasteiger charge is -2.31. The van der Waals surface area contributed by atoms with Gasteiger partial charge >= 0.3 is 11.7 Å². The Morgan fingerprint density at radius 3 is 2.75 bits per heavy atom. The number of oxime groups is 1. The Labute approximate surface area is 229 Å². The predicted molar refractivity (Wildman–Crippen MR) is 145 cm³/mol. The molecule has 3 aromatic rings. The summed E-state index contributed by atoms with van der Waals surface area (Å²) in [6.45, 7) is 4.34. The Bertz CT molecular complexity index is 1630. The molecule has 3 aliphatic heterocycles. The third-order valence-electron chi connectivity index (χ3n) is 8.11. The Kier molecular flexibility index (Phi) is 6.59. The van der Waals surface area contributed by atoms with Crippen LogP contribution in [0.5, 0.6) is 0 Å². The second kappa shape index (κ2) is 10.1. The maximum Gasteiger partial charge on any atom is 0.343 e. The fraction of sp³-hybridized carbons (Fsp3) is 0.429. The third kappa shape index (κ3) is 4.06. The van der Waals surface area contributed by atoms with Crippen molar-refractivity contribution in [3.63, 3.8) is 0 Å². The van der Waals surface area contributed by atoms with Crippen molar-refractivity contribution < 1.29 is 24.4 Å². The summed E-state index contributed by atoms with van der Waals surface area (Å²) in [5.74, 6) is -1.02. The second-order valence-corrected chi connectivity index (χ2v) is 10.3. The molecule has 0 radical (unpaired) electrons. The summed E-state index contributed by atoms with van der Waals surface area (Å²) in [6, 6.07) is 7.29. The van der Waals surface area contributed by atoms with Crippen molar-refractivity contribution in [3.05, 3.63) is 67.0 Å². The first-order chi connectivity index (χ1) is 19.3. The van der Waals surface area contributed by atoms with Crippen LogP contribution in [0.3, 0.4) is 0 Å². The number of nitro groups is 1. The zero-order valence-corrected chi connectivity index (χ0v) is 22.1. The Morgan fingerprint density at radius 1 is 1.23 bits per heavy atom. The molecule has 208 valence electrons. The predicted octanol–water partition coefficient (Wildman–Crippen LogP) is 2.82. The largest absolute Gasteiger partial charge is 0.458 e. The van der Waals surface area contributed by atoms with Gasteiger partial charge in [-0.15, -0.1) is 0 Å². The van der Waals surface area contributed by atoms with Crippen LogP contribution in [-0.4, -0.2) is 62.9 Å². The number of carbonyl (C=O) groups is 1. The summed E-state index contributed by atoms with van der Waals surface area (Å²) in [6.07, 6.45) is 4.99. The van der Waals surface area contributed by atoms with Gasteiger partial charge in [0.15, 0.2) is 5.60 Å². The molecule has 1 aromatic carbocycles. The number of aliphatic hydroxyl groups is 1. The first-order valence-corrected chi connectivity index (χ1v) is 13.5. The van der Waals surface area contributed by atoms with Gasteiger partial charge in [-0.05, 0) is 38.4 Å². The van der Waals surface area contributed by atoms with Gasteiger partial charge in [0.25, 0.3) is 5.56 Å². The number of nitrogens with zero attached hydrogens (tertiary/aromatic N) is 5. The van der Waals surface area contributed by atoms with Crippen LogP contribution >= 0.6 is 0 Å². The first kappa shape index (κ1) is 26.1. The quantitative estimate of drug-likeness (QED) is 0.121.